The van der Waals surface area contributed by atoms with Crippen LogP contribution in [0.25, 0.3) is 0 Å². The number of carboxylic acid groups (broad SMARTS) is 1. The van der Waals surface area contributed by atoms with Gasteiger partial charge in [0, 0.05) is 24.3 Å². The number of rotatable bonds is 8. The number of ether oxygens (including phenoxy) is 1. The number of nitrogens with zero attached hydrogens (tertiary/aromatic N) is 1. The van der Waals surface area contributed by atoms with Crippen LogP contribution in [-0.2, 0) is 26.1 Å². The molecule has 0 aromatic heterocycles. The molecule has 3 aliphatic heterocycles. The van der Waals surface area contributed by atoms with Crippen LogP contribution in [0.1, 0.15) is 39.9 Å². The van der Waals surface area contributed by atoms with Gasteiger partial charge in [-0.05, 0) is 29.3 Å². The van der Waals surface area contributed by atoms with E-state index in [1.165, 1.54) is 12.1 Å². The second-order valence-corrected chi connectivity index (χ2v) is 11.5. The number of hydrogen-bond donors (Lipinski definition) is 2. The minimum absolute atomic E-state index is 0.0416. The summed E-state index contributed by atoms with van der Waals surface area (Å²) in [5.74, 6) is -4.11. The third-order valence-electron chi connectivity index (χ3n) is 8.53. The monoisotopic (exact) mass is 666 g/mol. The fraction of sp³-hybridized carbons (Fsp3) is 0.364. The van der Waals surface area contributed by atoms with E-state index in [-0.39, 0.29) is 18.0 Å². The number of carbonyl (C=O) groups is 3. The molecule has 0 spiro atoms. The van der Waals surface area contributed by atoms with E-state index in [0.717, 1.165) is 38.1 Å². The number of piperidine rings is 3. The molecule has 0 saturated carbocycles. The van der Waals surface area contributed by atoms with E-state index < -0.39 is 47.5 Å². The molecule has 1 amide bonds. The maximum atomic E-state index is 13.7. The number of carboxylic acids is 1. The van der Waals surface area contributed by atoms with E-state index >= 15 is 0 Å². The molecule has 6 rings (SSSR count). The number of halogens is 6. The van der Waals surface area contributed by atoms with Gasteiger partial charge in [-0.15, -0.1) is 0 Å². The number of quaternary nitrogens is 1. The summed E-state index contributed by atoms with van der Waals surface area (Å²) in [7, 11) is 0. The van der Waals surface area contributed by atoms with Crippen LogP contribution < -0.4 is 10.4 Å². The van der Waals surface area contributed by atoms with Crippen molar-refractivity contribution in [1.29, 1.82) is 0 Å². The minimum atomic E-state index is -5.19. The van der Waals surface area contributed by atoms with Crippen LogP contribution in [0.2, 0.25) is 0 Å². The van der Waals surface area contributed by atoms with Crippen LogP contribution in [0.3, 0.4) is 0 Å². The van der Waals surface area contributed by atoms with Gasteiger partial charge >= 0.3 is 18.3 Å². The van der Waals surface area contributed by atoms with E-state index in [4.69, 9.17) is 14.6 Å². The highest BCUT2D eigenvalue weighted by molar-refractivity contribution is 5.94. The highest BCUT2D eigenvalue weighted by Crippen LogP contribution is 2.38. The summed E-state index contributed by atoms with van der Waals surface area (Å²) in [4.78, 5) is 35.0. The largest absolute Gasteiger partial charge is 0.542 e. The topological polar surface area (TPSA) is 116 Å². The molecule has 0 aliphatic carbocycles. The van der Waals surface area contributed by atoms with Gasteiger partial charge in [-0.2, -0.15) is 26.3 Å². The van der Waals surface area contributed by atoms with Gasteiger partial charge < -0.3 is 29.5 Å². The average molecular weight is 667 g/mol. The second-order valence-electron chi connectivity index (χ2n) is 11.5. The molecule has 3 heterocycles. The SMILES string of the molecule is O=C(NCC[N+]12CCC(CC1)[C@@H](OC(=O)C(O)(c1ccccc1)c1ccccc1)C2)c1cccc(C(F)(F)F)c1.O=C([O-])C(F)(F)F. The van der Waals surface area contributed by atoms with Crippen LogP contribution in [0.15, 0.2) is 84.9 Å². The van der Waals surface area contributed by atoms with Crippen molar-refractivity contribution >= 4 is 17.8 Å². The molecule has 1 atom stereocenters. The predicted molar refractivity (Wildman–Crippen MR) is 153 cm³/mol. The molecule has 3 aromatic rings. The number of esters is 1. The first-order chi connectivity index (χ1) is 22.0. The van der Waals surface area contributed by atoms with Crippen molar-refractivity contribution in [2.75, 3.05) is 32.7 Å². The number of alkyl halides is 6. The summed E-state index contributed by atoms with van der Waals surface area (Å²) in [5.41, 5.74) is -2.02. The molecule has 0 radical (unpaired) electrons. The van der Waals surface area contributed by atoms with Crippen molar-refractivity contribution in [2.45, 2.75) is 36.9 Å². The molecule has 47 heavy (non-hydrogen) atoms. The Morgan fingerprint density at radius 1 is 0.830 bits per heavy atom. The van der Waals surface area contributed by atoms with Gasteiger partial charge in [-0.1, -0.05) is 66.7 Å². The predicted octanol–water partition coefficient (Wildman–Crippen LogP) is 3.82. The van der Waals surface area contributed by atoms with Gasteiger partial charge in [-0.25, -0.2) is 4.79 Å². The smallest absolute Gasteiger partial charge is 0.430 e. The molecule has 8 nitrogen and oxygen atoms in total. The molecular formula is C33H32F6N2O6. The van der Waals surface area contributed by atoms with Gasteiger partial charge in [0.25, 0.3) is 5.91 Å². The first-order valence-electron chi connectivity index (χ1n) is 14.7. The zero-order valence-corrected chi connectivity index (χ0v) is 24.9. The Balaban J connectivity index is 0.000000644. The summed E-state index contributed by atoms with van der Waals surface area (Å²) in [6.45, 7) is 3.11. The Morgan fingerprint density at radius 3 is 1.83 bits per heavy atom. The first kappa shape index (κ1) is 35.4. The summed E-state index contributed by atoms with van der Waals surface area (Å²) < 4.78 is 77.4. The van der Waals surface area contributed by atoms with Gasteiger partial charge in [0.15, 0.2) is 6.10 Å². The number of benzene rings is 3. The average Bonchev–Trinajstić information content (AvgIpc) is 3.05. The summed E-state index contributed by atoms with van der Waals surface area (Å²) in [6.07, 6.45) is -8.43. The zero-order chi connectivity index (χ0) is 34.5. The maximum Gasteiger partial charge on any atom is 0.430 e. The molecule has 2 bridgehead atoms. The lowest BCUT2D eigenvalue weighted by Crippen LogP contribution is -2.66. The van der Waals surface area contributed by atoms with Crippen LogP contribution in [0, 0.1) is 5.92 Å². The van der Waals surface area contributed by atoms with Crippen molar-refractivity contribution in [1.82, 2.24) is 5.32 Å². The van der Waals surface area contributed by atoms with Gasteiger partial charge in [0.2, 0.25) is 5.60 Å². The zero-order valence-electron chi connectivity index (χ0n) is 24.9. The Bertz CT molecular complexity index is 1500. The summed E-state index contributed by atoms with van der Waals surface area (Å²) in [5, 5.41) is 23.3. The van der Waals surface area contributed by atoms with Crippen molar-refractivity contribution in [2.24, 2.45) is 5.92 Å². The van der Waals surface area contributed by atoms with E-state index in [2.05, 4.69) is 5.32 Å². The summed E-state index contributed by atoms with van der Waals surface area (Å²) >= 11 is 0. The van der Waals surface area contributed by atoms with Gasteiger partial charge in [0.05, 0.1) is 31.7 Å². The maximum absolute atomic E-state index is 13.7. The Labute approximate surface area is 266 Å². The van der Waals surface area contributed by atoms with E-state index in [1.807, 2.05) is 12.1 Å². The molecule has 3 saturated heterocycles. The third kappa shape index (κ3) is 8.49. The normalized spacial score (nSPS) is 20.8. The van der Waals surface area contributed by atoms with E-state index in [0.29, 0.717) is 28.7 Å². The lowest BCUT2D eigenvalue weighted by Gasteiger charge is -2.52. The molecule has 2 N–H and O–H groups in total. The molecule has 3 aliphatic rings. The quantitative estimate of drug-likeness (QED) is 0.215. The number of aliphatic carboxylic acids is 1. The Kier molecular flexibility index (Phi) is 10.7. The van der Waals surface area contributed by atoms with Gasteiger partial charge in [-0.3, -0.25) is 4.79 Å². The summed E-state index contributed by atoms with van der Waals surface area (Å²) in [6, 6.07) is 21.8. The number of hydrogen-bond acceptors (Lipinski definition) is 6. The highest BCUT2D eigenvalue weighted by Gasteiger charge is 2.50. The fourth-order valence-electron chi connectivity index (χ4n) is 6.00. The van der Waals surface area contributed by atoms with Crippen molar-refractivity contribution in [3.8, 4) is 0 Å². The Hall–Kier alpha value is -4.43. The number of amides is 1. The number of aliphatic hydroxyl groups is 1. The van der Waals surface area contributed by atoms with Crippen molar-refractivity contribution < 1.29 is 60.2 Å². The van der Waals surface area contributed by atoms with Crippen LogP contribution >= 0.6 is 0 Å². The first-order valence-corrected chi connectivity index (χ1v) is 14.7. The second kappa shape index (κ2) is 14.1. The van der Waals surface area contributed by atoms with Crippen LogP contribution in [-0.4, -0.2) is 72.4 Å². The highest BCUT2D eigenvalue weighted by atomic mass is 19.4. The van der Waals surface area contributed by atoms with Gasteiger partial charge in [0.1, 0.15) is 12.5 Å². The molecular weight excluding hydrogens is 634 g/mol. The number of carbonyl (C=O) groups excluding carboxylic acids is 3. The van der Waals surface area contributed by atoms with Crippen LogP contribution in [0.5, 0.6) is 0 Å². The lowest BCUT2D eigenvalue weighted by molar-refractivity contribution is -0.945. The fourth-order valence-corrected chi connectivity index (χ4v) is 6.00. The molecule has 252 valence electrons. The number of nitrogens with one attached hydrogen (secondary N) is 1. The van der Waals surface area contributed by atoms with E-state index in [1.54, 1.807) is 48.5 Å². The minimum Gasteiger partial charge on any atom is -0.542 e. The Morgan fingerprint density at radius 2 is 1.34 bits per heavy atom. The standard InChI is InChI=1S/C31H31F3N2O4.C2HF3O2/c32-31(33,34)26-13-7-8-23(20-26)28(37)35-16-19-36-17-14-22(15-18-36)27(21-36)40-29(38)30(39,24-9-3-1-4-10-24)25-11-5-2-6-12-25;3-2(4,5)1(6)7/h1-13,20,22,27,39H,14-19,21H2;(H,6,7)/t22?,27-,36?;/m0./s1. The van der Waals surface area contributed by atoms with Crippen LogP contribution in [0.4, 0.5) is 26.3 Å². The van der Waals surface area contributed by atoms with E-state index in [9.17, 15) is 41.0 Å². The molecule has 3 fully saturated rings. The lowest BCUT2D eigenvalue weighted by atomic mass is 9.82. The van der Waals surface area contributed by atoms with Crippen molar-refractivity contribution in [3.05, 3.63) is 107 Å². The van der Waals surface area contributed by atoms with Crippen molar-refractivity contribution in [3.63, 3.8) is 0 Å². The molecule has 3 aromatic carbocycles. The molecule has 14 heteroatoms. The number of fused-ring (bicyclic) bond motifs is 3. The molecule has 0 unspecified atom stereocenters. The third-order valence-corrected chi connectivity index (χ3v) is 8.53.